The summed E-state index contributed by atoms with van der Waals surface area (Å²) in [5, 5.41) is 1.97. The zero-order valence-corrected chi connectivity index (χ0v) is 11.2. The summed E-state index contributed by atoms with van der Waals surface area (Å²) >= 11 is 6.40. The highest BCUT2D eigenvalue weighted by atomic mass is 32.1. The lowest BCUT2D eigenvalue weighted by atomic mass is 10.3. The minimum Gasteiger partial charge on any atom is -0.393 e. The van der Waals surface area contributed by atoms with Crippen LogP contribution in [-0.2, 0) is 11.2 Å². The molecule has 0 saturated carbocycles. The Bertz CT molecular complexity index is 387. The highest BCUT2D eigenvalue weighted by Gasteiger charge is 2.13. The van der Waals surface area contributed by atoms with Gasteiger partial charge in [-0.2, -0.15) is 0 Å². The van der Waals surface area contributed by atoms with Crippen molar-refractivity contribution in [1.82, 2.24) is 4.90 Å². The third kappa shape index (κ3) is 5.10. The Morgan fingerprint density at radius 2 is 2.41 bits per heavy atom. The number of rotatable bonds is 7. The van der Waals surface area contributed by atoms with Crippen LogP contribution in [0.2, 0.25) is 0 Å². The summed E-state index contributed by atoms with van der Waals surface area (Å²) in [6, 6.07) is 3.91. The molecule has 1 rings (SSSR count). The summed E-state index contributed by atoms with van der Waals surface area (Å²) < 4.78 is 0. The van der Waals surface area contributed by atoms with Crippen molar-refractivity contribution in [3.63, 3.8) is 0 Å². The number of carbonyl (C=O) groups is 1. The van der Waals surface area contributed by atoms with Gasteiger partial charge in [-0.3, -0.25) is 4.79 Å². The topological polar surface area (TPSA) is 46.3 Å². The summed E-state index contributed by atoms with van der Waals surface area (Å²) in [6.45, 7) is 4.75. The van der Waals surface area contributed by atoms with Gasteiger partial charge in [-0.15, -0.1) is 17.9 Å². The van der Waals surface area contributed by atoms with Crippen LogP contribution in [0.25, 0.3) is 0 Å². The van der Waals surface area contributed by atoms with E-state index in [4.69, 9.17) is 18.0 Å². The molecule has 0 radical (unpaired) electrons. The van der Waals surface area contributed by atoms with Crippen molar-refractivity contribution in [3.05, 3.63) is 35.0 Å². The van der Waals surface area contributed by atoms with Crippen LogP contribution in [0, 0.1) is 0 Å². The van der Waals surface area contributed by atoms with E-state index < -0.39 is 0 Å². The molecule has 0 unspecified atom stereocenters. The number of hydrogen-bond acceptors (Lipinski definition) is 3. The lowest BCUT2D eigenvalue weighted by molar-refractivity contribution is -0.129. The van der Waals surface area contributed by atoms with E-state index in [1.165, 1.54) is 0 Å². The molecule has 2 N–H and O–H groups in total. The van der Waals surface area contributed by atoms with Crippen LogP contribution < -0.4 is 5.73 Å². The molecule has 0 aromatic carbocycles. The van der Waals surface area contributed by atoms with Crippen molar-refractivity contribution >= 4 is 34.5 Å². The Labute approximate surface area is 111 Å². The van der Waals surface area contributed by atoms with Crippen LogP contribution in [0.4, 0.5) is 0 Å². The van der Waals surface area contributed by atoms with E-state index in [0.717, 1.165) is 4.88 Å². The molecule has 1 aromatic heterocycles. The molecule has 5 heteroatoms. The van der Waals surface area contributed by atoms with Crippen LogP contribution in [0.3, 0.4) is 0 Å². The van der Waals surface area contributed by atoms with E-state index in [1.54, 1.807) is 22.3 Å². The Morgan fingerprint density at radius 3 is 2.94 bits per heavy atom. The van der Waals surface area contributed by atoms with Crippen molar-refractivity contribution in [3.8, 4) is 0 Å². The minimum absolute atomic E-state index is 0.0867. The molecule has 0 saturated heterocycles. The van der Waals surface area contributed by atoms with Gasteiger partial charge in [0.15, 0.2) is 0 Å². The van der Waals surface area contributed by atoms with Gasteiger partial charge in [-0.1, -0.05) is 24.4 Å². The van der Waals surface area contributed by atoms with Gasteiger partial charge < -0.3 is 10.6 Å². The van der Waals surface area contributed by atoms with Crippen molar-refractivity contribution < 1.29 is 4.79 Å². The number of carbonyl (C=O) groups excluding carboxylic acids is 1. The molecule has 0 bridgehead atoms. The Hall–Kier alpha value is -1.20. The Balaban J connectivity index is 2.53. The maximum atomic E-state index is 12.0. The monoisotopic (exact) mass is 268 g/mol. The highest BCUT2D eigenvalue weighted by Crippen LogP contribution is 2.10. The molecule has 0 atom stereocenters. The predicted octanol–water partition coefficient (Wildman–Crippen LogP) is 1.98. The molecule has 3 nitrogen and oxygen atoms in total. The van der Waals surface area contributed by atoms with Crippen LogP contribution in [-0.4, -0.2) is 28.9 Å². The Kier molecular flexibility index (Phi) is 5.86. The third-order valence-corrected chi connectivity index (χ3v) is 3.32. The van der Waals surface area contributed by atoms with Gasteiger partial charge in [-0.05, 0) is 11.4 Å². The summed E-state index contributed by atoms with van der Waals surface area (Å²) in [7, 11) is 0. The van der Waals surface area contributed by atoms with E-state index in [2.05, 4.69) is 6.58 Å². The van der Waals surface area contributed by atoms with Gasteiger partial charge in [0, 0.05) is 24.4 Å². The fourth-order valence-corrected chi connectivity index (χ4v) is 2.18. The van der Waals surface area contributed by atoms with Gasteiger partial charge in [-0.25, -0.2) is 0 Å². The van der Waals surface area contributed by atoms with Gasteiger partial charge in [0.2, 0.25) is 5.91 Å². The third-order valence-electron chi connectivity index (χ3n) is 2.24. The van der Waals surface area contributed by atoms with Crippen molar-refractivity contribution in [2.24, 2.45) is 5.73 Å². The first-order valence-corrected chi connectivity index (χ1v) is 6.61. The second-order valence-corrected chi connectivity index (χ2v) is 5.16. The number of thiocarbonyl (C=S) groups is 1. The lowest BCUT2D eigenvalue weighted by Crippen LogP contribution is -2.34. The maximum absolute atomic E-state index is 12.0. The SMILES string of the molecule is C=CCN(CCC(N)=S)C(=O)Cc1cccs1. The molecular weight excluding hydrogens is 252 g/mol. The molecule has 0 aliphatic carbocycles. The van der Waals surface area contributed by atoms with Gasteiger partial charge >= 0.3 is 0 Å². The molecule has 0 aliphatic rings. The first-order chi connectivity index (χ1) is 8.13. The number of nitrogens with two attached hydrogens (primary N) is 1. The van der Waals surface area contributed by atoms with Crippen molar-refractivity contribution in [1.29, 1.82) is 0 Å². The Morgan fingerprint density at radius 1 is 1.65 bits per heavy atom. The highest BCUT2D eigenvalue weighted by molar-refractivity contribution is 7.80. The van der Waals surface area contributed by atoms with E-state index in [-0.39, 0.29) is 5.91 Å². The average Bonchev–Trinajstić information content (AvgIpc) is 2.76. The fraction of sp³-hybridized carbons (Fsp3) is 0.333. The predicted molar refractivity (Wildman–Crippen MR) is 76.2 cm³/mol. The molecule has 92 valence electrons. The maximum Gasteiger partial charge on any atom is 0.228 e. The van der Waals surface area contributed by atoms with Crippen molar-refractivity contribution in [2.75, 3.05) is 13.1 Å². The van der Waals surface area contributed by atoms with Gasteiger partial charge in [0.1, 0.15) is 0 Å². The standard InChI is InChI=1S/C12H16N2OS2/c1-2-6-14(7-5-11(13)16)12(15)9-10-4-3-8-17-10/h2-4,8H,1,5-7,9H2,(H2,13,16). The molecule has 1 heterocycles. The summed E-state index contributed by atoms with van der Waals surface area (Å²) in [5.41, 5.74) is 5.44. The number of hydrogen-bond donors (Lipinski definition) is 1. The summed E-state index contributed by atoms with van der Waals surface area (Å²) in [4.78, 5) is 15.2. The summed E-state index contributed by atoms with van der Waals surface area (Å²) in [6.07, 6.45) is 2.70. The van der Waals surface area contributed by atoms with Crippen LogP contribution >= 0.6 is 23.6 Å². The van der Waals surface area contributed by atoms with E-state index >= 15 is 0 Å². The molecule has 17 heavy (non-hydrogen) atoms. The van der Waals surface area contributed by atoms with Crippen molar-refractivity contribution in [2.45, 2.75) is 12.8 Å². The second kappa shape index (κ2) is 7.19. The van der Waals surface area contributed by atoms with Crippen LogP contribution in [0.1, 0.15) is 11.3 Å². The average molecular weight is 268 g/mol. The quantitative estimate of drug-likeness (QED) is 0.607. The number of nitrogens with zero attached hydrogens (tertiary/aromatic N) is 1. The first-order valence-electron chi connectivity index (χ1n) is 5.33. The number of thiophene rings is 1. The molecule has 0 aliphatic heterocycles. The molecule has 0 spiro atoms. The molecule has 1 amide bonds. The zero-order valence-electron chi connectivity index (χ0n) is 9.59. The second-order valence-electron chi connectivity index (χ2n) is 3.60. The van der Waals surface area contributed by atoms with Gasteiger partial charge in [0.25, 0.3) is 0 Å². The first kappa shape index (κ1) is 13.9. The van der Waals surface area contributed by atoms with Gasteiger partial charge in [0.05, 0.1) is 11.4 Å². The number of amides is 1. The summed E-state index contributed by atoms with van der Waals surface area (Å²) in [5.74, 6) is 0.0867. The van der Waals surface area contributed by atoms with E-state index in [9.17, 15) is 4.79 Å². The normalized spacial score (nSPS) is 9.88. The fourth-order valence-electron chi connectivity index (χ4n) is 1.39. The van der Waals surface area contributed by atoms with E-state index in [1.807, 2.05) is 17.5 Å². The van der Waals surface area contributed by atoms with Crippen LogP contribution in [0.5, 0.6) is 0 Å². The van der Waals surface area contributed by atoms with Crippen LogP contribution in [0.15, 0.2) is 30.2 Å². The lowest BCUT2D eigenvalue weighted by Gasteiger charge is -2.20. The molecule has 0 fully saturated rings. The molecule has 1 aromatic rings. The minimum atomic E-state index is 0.0867. The molecular formula is C12H16N2OS2. The van der Waals surface area contributed by atoms with E-state index in [0.29, 0.717) is 30.9 Å². The zero-order chi connectivity index (χ0) is 12.7. The largest absolute Gasteiger partial charge is 0.393 e. The smallest absolute Gasteiger partial charge is 0.228 e.